The maximum Gasteiger partial charge on any atom is 0.0823 e. The van der Waals surface area contributed by atoms with Crippen molar-refractivity contribution < 1.29 is 0 Å². The minimum Gasteiger partial charge on any atom is -0.382 e. The molecule has 0 saturated heterocycles. The molecule has 0 aliphatic rings. The number of nitrogens with one attached hydrogen (secondary N) is 2. The van der Waals surface area contributed by atoms with Gasteiger partial charge >= 0.3 is 0 Å². The van der Waals surface area contributed by atoms with Crippen LogP contribution in [-0.2, 0) is 0 Å². The lowest BCUT2D eigenvalue weighted by molar-refractivity contribution is 0.448. The van der Waals surface area contributed by atoms with E-state index >= 15 is 0 Å². The van der Waals surface area contributed by atoms with E-state index in [0.29, 0.717) is 10.0 Å². The Labute approximate surface area is 101 Å². The number of hydrogen-bond acceptors (Lipinski definition) is 2. The van der Waals surface area contributed by atoms with Gasteiger partial charge in [-0.1, -0.05) is 29.3 Å². The molecule has 0 radical (unpaired) electrons. The molecule has 0 amide bonds. The van der Waals surface area contributed by atoms with Crippen molar-refractivity contribution >= 4 is 28.9 Å². The maximum absolute atomic E-state index is 6.05. The average Bonchev–Trinajstić information content (AvgIpc) is 2.20. The van der Waals surface area contributed by atoms with Crippen molar-refractivity contribution in [2.75, 3.05) is 18.9 Å². The van der Waals surface area contributed by atoms with Crippen LogP contribution >= 0.6 is 23.2 Å². The van der Waals surface area contributed by atoms with E-state index in [1.54, 1.807) is 6.07 Å². The molecule has 0 heterocycles. The number of benzene rings is 1. The summed E-state index contributed by atoms with van der Waals surface area (Å²) in [6.45, 7) is 5.00. The summed E-state index contributed by atoms with van der Waals surface area (Å²) in [7, 11) is 1.93. The number of halogens is 2. The highest BCUT2D eigenvalue weighted by Gasteiger charge is 2.14. The van der Waals surface area contributed by atoms with Gasteiger partial charge in [0, 0.05) is 12.1 Å². The largest absolute Gasteiger partial charge is 0.382 e. The molecule has 1 aromatic carbocycles. The van der Waals surface area contributed by atoms with E-state index < -0.39 is 0 Å². The van der Waals surface area contributed by atoms with E-state index in [1.165, 1.54) is 0 Å². The fraction of sp³-hybridized carbons (Fsp3) is 0.455. The van der Waals surface area contributed by atoms with Crippen LogP contribution in [0.25, 0.3) is 0 Å². The molecule has 1 aromatic rings. The van der Waals surface area contributed by atoms with Crippen molar-refractivity contribution in [2.45, 2.75) is 19.4 Å². The lowest BCUT2D eigenvalue weighted by atomic mass is 10.1. The molecule has 1 rings (SSSR count). The van der Waals surface area contributed by atoms with Crippen LogP contribution in [0.1, 0.15) is 13.8 Å². The summed E-state index contributed by atoms with van der Waals surface area (Å²) >= 11 is 12.0. The van der Waals surface area contributed by atoms with Gasteiger partial charge in [0.05, 0.1) is 15.7 Å². The van der Waals surface area contributed by atoms with Crippen molar-refractivity contribution in [2.24, 2.45) is 0 Å². The van der Waals surface area contributed by atoms with Gasteiger partial charge in [-0.25, -0.2) is 0 Å². The Bertz CT molecular complexity index is 337. The standard InChI is InChI=1S/C11H16Cl2N2/c1-11(2,14-3)7-15-9-6-4-5-8(12)10(9)13/h4-6,14-15H,7H2,1-3H3. The lowest BCUT2D eigenvalue weighted by Gasteiger charge is -2.25. The predicted octanol–water partition coefficient (Wildman–Crippen LogP) is 3.40. The summed E-state index contributed by atoms with van der Waals surface area (Å²) in [4.78, 5) is 0. The monoisotopic (exact) mass is 246 g/mol. The van der Waals surface area contributed by atoms with Crippen LogP contribution in [0.4, 0.5) is 5.69 Å². The molecule has 0 atom stereocenters. The molecular weight excluding hydrogens is 231 g/mol. The van der Waals surface area contributed by atoms with Gasteiger partial charge in [-0.2, -0.15) is 0 Å². The molecule has 84 valence electrons. The van der Waals surface area contributed by atoms with Crippen molar-refractivity contribution in [3.05, 3.63) is 28.2 Å². The molecule has 0 aliphatic carbocycles. The summed E-state index contributed by atoms with van der Waals surface area (Å²) in [6.07, 6.45) is 0. The number of anilines is 1. The molecule has 0 bridgehead atoms. The molecule has 0 aliphatic heterocycles. The number of likely N-dealkylation sites (N-methyl/N-ethyl adjacent to an activating group) is 1. The van der Waals surface area contributed by atoms with Gasteiger partial charge in [0.25, 0.3) is 0 Å². The zero-order valence-corrected chi connectivity index (χ0v) is 10.7. The van der Waals surface area contributed by atoms with Crippen molar-refractivity contribution in [3.8, 4) is 0 Å². The third kappa shape index (κ3) is 3.56. The third-order valence-electron chi connectivity index (χ3n) is 2.35. The summed E-state index contributed by atoms with van der Waals surface area (Å²) in [5, 5.41) is 7.62. The van der Waals surface area contributed by atoms with E-state index in [0.717, 1.165) is 12.2 Å². The molecule has 2 nitrogen and oxygen atoms in total. The predicted molar refractivity (Wildman–Crippen MR) is 68.1 cm³/mol. The van der Waals surface area contributed by atoms with Crippen LogP contribution in [-0.4, -0.2) is 19.1 Å². The quantitative estimate of drug-likeness (QED) is 0.852. The van der Waals surface area contributed by atoms with E-state index in [4.69, 9.17) is 23.2 Å². The molecule has 0 unspecified atom stereocenters. The van der Waals surface area contributed by atoms with Crippen LogP contribution in [0.15, 0.2) is 18.2 Å². The fourth-order valence-corrected chi connectivity index (χ4v) is 1.41. The second-order valence-corrected chi connectivity index (χ2v) is 4.87. The zero-order chi connectivity index (χ0) is 11.5. The normalized spacial score (nSPS) is 11.5. The molecule has 0 aromatic heterocycles. The summed E-state index contributed by atoms with van der Waals surface area (Å²) in [5.41, 5.74) is 0.888. The Hall–Kier alpha value is -0.440. The zero-order valence-electron chi connectivity index (χ0n) is 9.20. The van der Waals surface area contributed by atoms with Gasteiger partial charge < -0.3 is 10.6 Å². The SMILES string of the molecule is CNC(C)(C)CNc1cccc(Cl)c1Cl. The van der Waals surface area contributed by atoms with Gasteiger partial charge in [0.15, 0.2) is 0 Å². The second-order valence-electron chi connectivity index (χ2n) is 4.09. The van der Waals surface area contributed by atoms with Gasteiger partial charge in [0.1, 0.15) is 0 Å². The lowest BCUT2D eigenvalue weighted by Crippen LogP contribution is -2.42. The van der Waals surface area contributed by atoms with Gasteiger partial charge in [0.2, 0.25) is 0 Å². The van der Waals surface area contributed by atoms with Crippen LogP contribution in [0, 0.1) is 0 Å². The molecule has 2 N–H and O–H groups in total. The summed E-state index contributed by atoms with van der Waals surface area (Å²) < 4.78 is 0. The fourth-order valence-electron chi connectivity index (χ4n) is 1.04. The van der Waals surface area contributed by atoms with Crippen LogP contribution in [0.3, 0.4) is 0 Å². The molecule has 0 spiro atoms. The molecular formula is C11H16Cl2N2. The number of rotatable bonds is 4. The van der Waals surface area contributed by atoms with Crippen molar-refractivity contribution in [1.29, 1.82) is 0 Å². The highest BCUT2D eigenvalue weighted by atomic mass is 35.5. The second kappa shape index (κ2) is 5.06. The Kier molecular flexibility index (Phi) is 4.26. The van der Waals surface area contributed by atoms with Crippen LogP contribution in [0.2, 0.25) is 10.0 Å². The average molecular weight is 247 g/mol. The van der Waals surface area contributed by atoms with E-state index in [2.05, 4.69) is 24.5 Å². The minimum atomic E-state index is 0.0195. The molecule has 4 heteroatoms. The summed E-state index contributed by atoms with van der Waals surface area (Å²) in [6, 6.07) is 5.57. The van der Waals surface area contributed by atoms with Gasteiger partial charge in [-0.3, -0.25) is 0 Å². The van der Waals surface area contributed by atoms with E-state index in [1.807, 2.05) is 19.2 Å². The Morgan fingerprint density at radius 3 is 2.53 bits per heavy atom. The topological polar surface area (TPSA) is 24.1 Å². The van der Waals surface area contributed by atoms with Gasteiger partial charge in [-0.05, 0) is 33.0 Å². The molecule has 0 saturated carbocycles. The molecule has 0 fully saturated rings. The highest BCUT2D eigenvalue weighted by Crippen LogP contribution is 2.29. The Balaban J connectivity index is 2.70. The van der Waals surface area contributed by atoms with E-state index in [9.17, 15) is 0 Å². The van der Waals surface area contributed by atoms with Crippen LogP contribution in [0.5, 0.6) is 0 Å². The van der Waals surface area contributed by atoms with E-state index in [-0.39, 0.29) is 5.54 Å². The first-order valence-electron chi connectivity index (χ1n) is 4.83. The first-order chi connectivity index (χ1) is 6.96. The highest BCUT2D eigenvalue weighted by molar-refractivity contribution is 6.43. The first kappa shape index (κ1) is 12.6. The first-order valence-corrected chi connectivity index (χ1v) is 5.59. The Morgan fingerprint density at radius 2 is 1.93 bits per heavy atom. The number of hydrogen-bond donors (Lipinski definition) is 2. The third-order valence-corrected chi connectivity index (χ3v) is 3.17. The van der Waals surface area contributed by atoms with Gasteiger partial charge in [-0.15, -0.1) is 0 Å². The van der Waals surface area contributed by atoms with Crippen LogP contribution < -0.4 is 10.6 Å². The maximum atomic E-state index is 6.05. The summed E-state index contributed by atoms with van der Waals surface area (Å²) in [5.74, 6) is 0. The smallest absolute Gasteiger partial charge is 0.0823 e. The van der Waals surface area contributed by atoms with Crippen molar-refractivity contribution in [1.82, 2.24) is 5.32 Å². The van der Waals surface area contributed by atoms with Crippen molar-refractivity contribution in [3.63, 3.8) is 0 Å². The minimum absolute atomic E-state index is 0.0195. The Morgan fingerprint density at radius 1 is 1.27 bits per heavy atom. The molecule has 15 heavy (non-hydrogen) atoms.